The van der Waals surface area contributed by atoms with Crippen LogP contribution in [0.25, 0.3) is 0 Å². The molecule has 1 aromatic rings. The summed E-state index contributed by atoms with van der Waals surface area (Å²) in [6.07, 6.45) is 0.609. The van der Waals surface area contributed by atoms with Gasteiger partial charge in [0.05, 0.1) is 10.8 Å². The Kier molecular flexibility index (Phi) is 4.22. The van der Waals surface area contributed by atoms with Gasteiger partial charge in [-0.2, -0.15) is 5.43 Å². The maximum Gasteiger partial charge on any atom is 0.409 e. The van der Waals surface area contributed by atoms with Crippen molar-refractivity contribution in [2.45, 2.75) is 0 Å². The molecule has 16 heavy (non-hydrogen) atoms. The minimum absolute atomic E-state index is 0.471. The Balaban J connectivity index is 2.81. The number of benzene rings is 1. The first-order valence-corrected chi connectivity index (χ1v) is 4.42. The van der Waals surface area contributed by atoms with Crippen LogP contribution in [0, 0.1) is 10.1 Å². The number of nitrogens with zero attached hydrogens (tertiary/aromatic N) is 3. The second kappa shape index (κ2) is 5.66. The number of hydrazone groups is 1. The van der Waals surface area contributed by atoms with Crippen molar-refractivity contribution in [3.8, 4) is 0 Å². The van der Waals surface area contributed by atoms with Gasteiger partial charge in [-0.05, 0) is 23.1 Å². The molecule has 0 aliphatic carbocycles. The van der Waals surface area contributed by atoms with Crippen LogP contribution in [0.4, 0.5) is 5.69 Å². The molecule has 0 heterocycles. The van der Waals surface area contributed by atoms with Crippen LogP contribution in [0.5, 0.6) is 0 Å². The van der Waals surface area contributed by atoms with Crippen LogP contribution in [-0.2, 0) is 0 Å². The van der Waals surface area contributed by atoms with Gasteiger partial charge in [-0.3, -0.25) is 0 Å². The molecular weight excluding hydrogens is 236 g/mol. The fourth-order valence-electron chi connectivity index (χ4n) is 0.848. The Hall–Kier alpha value is -2.15. The van der Waals surface area contributed by atoms with E-state index in [1.54, 1.807) is 24.3 Å². The number of rotatable bonds is 3. The lowest BCUT2D eigenvalue weighted by Gasteiger charge is -1.96. The average Bonchev–Trinajstić information content (AvgIpc) is 2.24. The number of anilines is 1. The van der Waals surface area contributed by atoms with E-state index in [9.17, 15) is 10.1 Å². The lowest BCUT2D eigenvalue weighted by atomic mass is 10.3. The molecule has 0 saturated carbocycles. The van der Waals surface area contributed by atoms with Crippen LogP contribution in [0.1, 0.15) is 0 Å². The Bertz CT molecular complexity index is 447. The van der Waals surface area contributed by atoms with E-state index in [2.05, 4.69) is 15.7 Å². The SMILES string of the molecule is O=[N+]([O-])C(/C=N/O)=N/Nc1cccc(Cl)c1. The monoisotopic (exact) mass is 242 g/mol. The van der Waals surface area contributed by atoms with Gasteiger partial charge >= 0.3 is 5.84 Å². The Morgan fingerprint density at radius 3 is 2.94 bits per heavy atom. The van der Waals surface area contributed by atoms with Gasteiger partial charge in [-0.15, -0.1) is 0 Å². The first kappa shape index (κ1) is 11.9. The summed E-state index contributed by atoms with van der Waals surface area (Å²) in [5.41, 5.74) is 2.90. The Morgan fingerprint density at radius 1 is 1.62 bits per heavy atom. The van der Waals surface area contributed by atoms with Crippen molar-refractivity contribution in [3.05, 3.63) is 39.4 Å². The summed E-state index contributed by atoms with van der Waals surface area (Å²) in [7, 11) is 0. The molecule has 0 saturated heterocycles. The van der Waals surface area contributed by atoms with Crippen molar-refractivity contribution in [1.29, 1.82) is 0 Å². The summed E-state index contributed by atoms with van der Waals surface area (Å²) in [4.78, 5) is 9.59. The molecule has 0 spiro atoms. The van der Waals surface area contributed by atoms with Gasteiger partial charge in [-0.1, -0.05) is 22.8 Å². The number of hydrogen-bond donors (Lipinski definition) is 2. The van der Waals surface area contributed by atoms with E-state index in [4.69, 9.17) is 16.8 Å². The van der Waals surface area contributed by atoms with Crippen LogP contribution < -0.4 is 5.43 Å². The highest BCUT2D eigenvalue weighted by atomic mass is 35.5. The van der Waals surface area contributed by atoms with Crippen molar-refractivity contribution < 1.29 is 10.1 Å². The Labute approximate surface area is 95.2 Å². The number of nitro groups is 1. The molecule has 8 heteroatoms. The van der Waals surface area contributed by atoms with E-state index in [-0.39, 0.29) is 0 Å². The predicted octanol–water partition coefficient (Wildman–Crippen LogP) is 1.80. The summed E-state index contributed by atoms with van der Waals surface area (Å²) in [5.74, 6) is -0.623. The summed E-state index contributed by atoms with van der Waals surface area (Å²) in [6, 6.07) is 6.48. The van der Waals surface area contributed by atoms with Crippen molar-refractivity contribution in [2.24, 2.45) is 10.3 Å². The largest absolute Gasteiger partial charge is 0.411 e. The first-order valence-electron chi connectivity index (χ1n) is 4.04. The van der Waals surface area contributed by atoms with Crippen LogP contribution in [0.3, 0.4) is 0 Å². The number of amidine groups is 1. The second-order valence-corrected chi connectivity index (χ2v) is 3.03. The average molecular weight is 243 g/mol. The zero-order valence-electron chi connectivity index (χ0n) is 7.87. The molecule has 1 rings (SSSR count). The summed E-state index contributed by atoms with van der Waals surface area (Å²) in [6.45, 7) is 0. The summed E-state index contributed by atoms with van der Waals surface area (Å²) >= 11 is 5.70. The molecule has 0 amide bonds. The summed E-state index contributed by atoms with van der Waals surface area (Å²) < 4.78 is 0. The number of oxime groups is 1. The fourth-order valence-corrected chi connectivity index (χ4v) is 1.04. The van der Waals surface area contributed by atoms with E-state index in [0.717, 1.165) is 0 Å². The van der Waals surface area contributed by atoms with Crippen LogP contribution in [-0.4, -0.2) is 22.2 Å². The normalized spacial score (nSPS) is 11.7. The Morgan fingerprint density at radius 2 is 2.38 bits per heavy atom. The summed E-state index contributed by atoms with van der Waals surface area (Å²) in [5, 5.41) is 25.0. The molecule has 1 aromatic carbocycles. The predicted molar refractivity (Wildman–Crippen MR) is 59.8 cm³/mol. The third-order valence-electron chi connectivity index (χ3n) is 1.48. The van der Waals surface area contributed by atoms with Gasteiger partial charge in [0.2, 0.25) is 0 Å². The van der Waals surface area contributed by atoms with Gasteiger partial charge in [0, 0.05) is 5.02 Å². The van der Waals surface area contributed by atoms with E-state index in [1.807, 2.05) is 0 Å². The molecule has 0 unspecified atom stereocenters. The minimum Gasteiger partial charge on any atom is -0.411 e. The molecule has 0 bridgehead atoms. The topological polar surface area (TPSA) is 100 Å². The maximum atomic E-state index is 10.4. The third-order valence-corrected chi connectivity index (χ3v) is 1.72. The zero-order chi connectivity index (χ0) is 12.0. The molecule has 0 atom stereocenters. The molecule has 0 aromatic heterocycles. The molecule has 2 N–H and O–H groups in total. The quantitative estimate of drug-likeness (QED) is 0.277. The number of hydrogen-bond acceptors (Lipinski definition) is 6. The second-order valence-electron chi connectivity index (χ2n) is 2.59. The fraction of sp³-hybridized carbons (Fsp3) is 0. The van der Waals surface area contributed by atoms with E-state index < -0.39 is 10.8 Å². The van der Waals surface area contributed by atoms with Crippen molar-refractivity contribution in [2.75, 3.05) is 5.43 Å². The van der Waals surface area contributed by atoms with Crippen molar-refractivity contribution in [1.82, 2.24) is 0 Å². The first-order chi connectivity index (χ1) is 7.63. The molecular formula is C8H7ClN4O3. The molecule has 0 aliphatic heterocycles. The molecule has 84 valence electrons. The lowest BCUT2D eigenvalue weighted by molar-refractivity contribution is -0.345. The number of halogens is 1. The van der Waals surface area contributed by atoms with Crippen molar-refractivity contribution >= 4 is 29.3 Å². The van der Waals surface area contributed by atoms with E-state index in [1.165, 1.54) is 0 Å². The van der Waals surface area contributed by atoms with Gasteiger partial charge in [0.15, 0.2) is 6.21 Å². The maximum absolute atomic E-state index is 10.4. The molecule has 0 aliphatic rings. The highest BCUT2D eigenvalue weighted by Crippen LogP contribution is 2.14. The van der Waals surface area contributed by atoms with Crippen molar-refractivity contribution in [3.63, 3.8) is 0 Å². The highest BCUT2D eigenvalue weighted by molar-refractivity contribution is 6.30. The molecule has 0 fully saturated rings. The van der Waals surface area contributed by atoms with E-state index >= 15 is 0 Å². The standard InChI is InChI=1S/C8H7ClN4O3/c9-6-2-1-3-7(4-6)11-12-8(5-10-14)13(15)16/h1-5,11,14H/b10-5+,12-8+. The smallest absolute Gasteiger partial charge is 0.409 e. The van der Waals surface area contributed by atoms with Gasteiger partial charge in [-0.25, -0.2) is 0 Å². The minimum atomic E-state index is -0.794. The van der Waals surface area contributed by atoms with E-state index in [0.29, 0.717) is 16.9 Å². The highest BCUT2D eigenvalue weighted by Gasteiger charge is 2.09. The van der Waals surface area contributed by atoms with Crippen LogP contribution in [0.15, 0.2) is 34.5 Å². The zero-order valence-corrected chi connectivity index (χ0v) is 8.63. The van der Waals surface area contributed by atoms with Crippen LogP contribution in [0.2, 0.25) is 5.02 Å². The number of nitrogens with one attached hydrogen (secondary N) is 1. The lowest BCUT2D eigenvalue weighted by Crippen LogP contribution is -2.15. The van der Waals surface area contributed by atoms with Gasteiger partial charge in [0.25, 0.3) is 0 Å². The van der Waals surface area contributed by atoms with Gasteiger partial charge < -0.3 is 15.3 Å². The third kappa shape index (κ3) is 3.54. The van der Waals surface area contributed by atoms with Crippen LogP contribution >= 0.6 is 11.6 Å². The molecule has 7 nitrogen and oxygen atoms in total. The molecule has 0 radical (unpaired) electrons. The van der Waals surface area contributed by atoms with Gasteiger partial charge in [0.1, 0.15) is 0 Å².